The van der Waals surface area contributed by atoms with E-state index in [0.29, 0.717) is 12.1 Å². The van der Waals surface area contributed by atoms with E-state index in [4.69, 9.17) is 0 Å². The molecule has 2 aromatic carbocycles. The van der Waals surface area contributed by atoms with Crippen molar-refractivity contribution in [2.75, 3.05) is 17.9 Å². The fraction of sp³-hybridized carbons (Fsp3) is 0.435. The predicted octanol–water partition coefficient (Wildman–Crippen LogP) is 4.23. The van der Waals surface area contributed by atoms with E-state index in [0.717, 1.165) is 49.8 Å². The van der Waals surface area contributed by atoms with Crippen LogP contribution in [0, 0.1) is 0 Å². The lowest BCUT2D eigenvalue weighted by Gasteiger charge is -2.31. The van der Waals surface area contributed by atoms with Gasteiger partial charge in [0.2, 0.25) is 0 Å². The van der Waals surface area contributed by atoms with Gasteiger partial charge in [-0.05, 0) is 61.6 Å². The number of rotatable bonds is 4. The number of fused-ring (bicyclic) bond motifs is 1. The Labute approximate surface area is 173 Å². The van der Waals surface area contributed by atoms with E-state index in [1.54, 1.807) is 24.3 Å². The van der Waals surface area contributed by atoms with Crippen LogP contribution in [-0.2, 0) is 16.4 Å². The molecule has 1 aliphatic heterocycles. The number of anilines is 1. The largest absolute Gasteiger partial charge is 0.339 e. The van der Waals surface area contributed by atoms with Crippen LogP contribution in [0.5, 0.6) is 0 Å². The third-order valence-electron chi connectivity index (χ3n) is 6.20. The molecule has 0 N–H and O–H groups in total. The van der Waals surface area contributed by atoms with Crippen LogP contribution < -0.4 is 4.31 Å². The van der Waals surface area contributed by atoms with Gasteiger partial charge in [-0.25, -0.2) is 8.42 Å². The minimum absolute atomic E-state index is 0.0378. The van der Waals surface area contributed by atoms with Crippen LogP contribution in [0.4, 0.5) is 5.69 Å². The molecule has 4 rings (SSSR count). The van der Waals surface area contributed by atoms with Crippen molar-refractivity contribution in [2.45, 2.75) is 55.9 Å². The summed E-state index contributed by atoms with van der Waals surface area (Å²) in [4.78, 5) is 14.9. The number of carbonyl (C=O) groups excluding carboxylic acids is 1. The van der Waals surface area contributed by atoms with E-state index in [-0.39, 0.29) is 16.8 Å². The summed E-state index contributed by atoms with van der Waals surface area (Å²) < 4.78 is 28.0. The second-order valence-corrected chi connectivity index (χ2v) is 9.90. The first-order valence-corrected chi connectivity index (χ1v) is 11.9. The van der Waals surface area contributed by atoms with Crippen molar-refractivity contribution in [1.29, 1.82) is 0 Å². The number of hydrogen-bond donors (Lipinski definition) is 0. The molecule has 0 bridgehead atoms. The Hall–Kier alpha value is -2.34. The van der Waals surface area contributed by atoms with Crippen LogP contribution in [0.3, 0.4) is 0 Å². The molecule has 0 spiro atoms. The molecular formula is C23H28N2O3S. The van der Waals surface area contributed by atoms with Crippen molar-refractivity contribution in [3.8, 4) is 0 Å². The van der Waals surface area contributed by atoms with Gasteiger partial charge in [0, 0.05) is 25.2 Å². The van der Waals surface area contributed by atoms with Gasteiger partial charge in [0.05, 0.1) is 10.6 Å². The Morgan fingerprint density at radius 3 is 2.38 bits per heavy atom. The Kier molecular flexibility index (Phi) is 5.63. The summed E-state index contributed by atoms with van der Waals surface area (Å²) >= 11 is 0. The summed E-state index contributed by atoms with van der Waals surface area (Å²) in [7, 11) is -1.80. The predicted molar refractivity (Wildman–Crippen MR) is 115 cm³/mol. The van der Waals surface area contributed by atoms with Gasteiger partial charge in [-0.15, -0.1) is 0 Å². The van der Waals surface area contributed by atoms with Gasteiger partial charge in [-0.2, -0.15) is 0 Å². The fourth-order valence-electron chi connectivity index (χ4n) is 4.48. The summed E-state index contributed by atoms with van der Waals surface area (Å²) in [5.74, 6) is -0.0378. The number of sulfonamides is 1. The first kappa shape index (κ1) is 20.0. The molecular weight excluding hydrogens is 384 g/mol. The summed E-state index contributed by atoms with van der Waals surface area (Å²) in [5, 5.41) is 0. The molecule has 1 heterocycles. The molecule has 0 aromatic heterocycles. The minimum atomic E-state index is -3.65. The molecule has 29 heavy (non-hydrogen) atoms. The van der Waals surface area contributed by atoms with Crippen LogP contribution in [0.2, 0.25) is 0 Å². The molecule has 6 heteroatoms. The topological polar surface area (TPSA) is 57.7 Å². The van der Waals surface area contributed by atoms with Crippen LogP contribution >= 0.6 is 0 Å². The van der Waals surface area contributed by atoms with Gasteiger partial charge < -0.3 is 4.90 Å². The van der Waals surface area contributed by atoms with Gasteiger partial charge in [0.15, 0.2) is 0 Å². The van der Waals surface area contributed by atoms with E-state index >= 15 is 0 Å². The molecule has 0 atom stereocenters. The van der Waals surface area contributed by atoms with Crippen LogP contribution in [0.15, 0.2) is 53.4 Å². The number of para-hydroxylation sites is 1. The highest BCUT2D eigenvalue weighted by molar-refractivity contribution is 7.92. The number of amides is 1. The van der Waals surface area contributed by atoms with E-state index in [1.807, 2.05) is 36.2 Å². The zero-order valence-electron chi connectivity index (χ0n) is 16.9. The first-order chi connectivity index (χ1) is 14.0. The molecule has 1 aliphatic carbocycles. The van der Waals surface area contributed by atoms with E-state index in [2.05, 4.69) is 0 Å². The Balaban J connectivity index is 1.55. The van der Waals surface area contributed by atoms with Gasteiger partial charge in [-0.3, -0.25) is 9.10 Å². The lowest BCUT2D eigenvalue weighted by molar-refractivity contribution is 0.0696. The van der Waals surface area contributed by atoms with Gasteiger partial charge >= 0.3 is 0 Å². The van der Waals surface area contributed by atoms with Crippen molar-refractivity contribution >= 4 is 21.6 Å². The van der Waals surface area contributed by atoms with Crippen molar-refractivity contribution in [3.63, 3.8) is 0 Å². The smallest absolute Gasteiger partial charge is 0.264 e. The van der Waals surface area contributed by atoms with E-state index < -0.39 is 10.0 Å². The van der Waals surface area contributed by atoms with Gasteiger partial charge in [0.1, 0.15) is 0 Å². The van der Waals surface area contributed by atoms with Gasteiger partial charge in [-0.1, -0.05) is 37.5 Å². The number of carbonyl (C=O) groups is 1. The molecule has 2 aliphatic rings. The summed E-state index contributed by atoms with van der Waals surface area (Å²) in [6.07, 6.45) is 7.35. The SMILES string of the molecule is CN(C(=O)c1ccc(S(=O)(=O)N2CCCc3ccccc32)cc1)C1CCCCC1. The maximum Gasteiger partial charge on any atom is 0.264 e. The van der Waals surface area contributed by atoms with Crippen LogP contribution in [0.1, 0.15) is 54.4 Å². The molecule has 1 fully saturated rings. The Morgan fingerprint density at radius 2 is 1.66 bits per heavy atom. The average Bonchev–Trinajstić information content (AvgIpc) is 2.78. The van der Waals surface area contributed by atoms with Crippen molar-refractivity contribution in [2.24, 2.45) is 0 Å². The highest BCUT2D eigenvalue weighted by Crippen LogP contribution is 2.32. The van der Waals surface area contributed by atoms with E-state index in [1.165, 1.54) is 10.7 Å². The van der Waals surface area contributed by atoms with Crippen LogP contribution in [0.25, 0.3) is 0 Å². The molecule has 1 amide bonds. The molecule has 154 valence electrons. The third-order valence-corrected chi connectivity index (χ3v) is 8.03. The van der Waals surface area contributed by atoms with E-state index in [9.17, 15) is 13.2 Å². The van der Waals surface area contributed by atoms with Crippen molar-refractivity contribution in [1.82, 2.24) is 4.90 Å². The normalized spacial score (nSPS) is 17.6. The zero-order valence-corrected chi connectivity index (χ0v) is 17.7. The second kappa shape index (κ2) is 8.19. The van der Waals surface area contributed by atoms with Crippen LogP contribution in [-0.4, -0.2) is 38.9 Å². The summed E-state index contributed by atoms with van der Waals surface area (Å²) in [6, 6.07) is 14.4. The maximum atomic E-state index is 13.2. The molecule has 0 radical (unpaired) electrons. The Bertz CT molecular complexity index is 979. The molecule has 0 saturated heterocycles. The molecule has 1 saturated carbocycles. The number of benzene rings is 2. The fourth-order valence-corrected chi connectivity index (χ4v) is 6.02. The minimum Gasteiger partial charge on any atom is -0.339 e. The lowest BCUT2D eigenvalue weighted by Crippen LogP contribution is -2.38. The quantitative estimate of drug-likeness (QED) is 0.755. The standard InChI is InChI=1S/C23H28N2O3S/c1-24(20-10-3-2-4-11-20)23(26)19-13-15-21(16-14-19)29(27,28)25-17-7-9-18-8-5-6-12-22(18)25/h5-6,8,12-16,20H,2-4,7,9-11,17H2,1H3. The Morgan fingerprint density at radius 1 is 0.966 bits per heavy atom. The summed E-state index contributed by atoms with van der Waals surface area (Å²) in [5.41, 5.74) is 2.36. The molecule has 5 nitrogen and oxygen atoms in total. The number of aryl methyl sites for hydroxylation is 1. The molecule has 2 aromatic rings. The first-order valence-electron chi connectivity index (χ1n) is 10.5. The average molecular weight is 413 g/mol. The second-order valence-electron chi connectivity index (χ2n) is 8.04. The third kappa shape index (κ3) is 3.90. The highest BCUT2D eigenvalue weighted by Gasteiger charge is 2.29. The highest BCUT2D eigenvalue weighted by atomic mass is 32.2. The molecule has 0 unspecified atom stereocenters. The number of hydrogen-bond acceptors (Lipinski definition) is 3. The van der Waals surface area contributed by atoms with Crippen molar-refractivity contribution in [3.05, 3.63) is 59.7 Å². The zero-order chi connectivity index (χ0) is 20.4. The monoisotopic (exact) mass is 412 g/mol. The number of nitrogens with zero attached hydrogens (tertiary/aromatic N) is 2. The van der Waals surface area contributed by atoms with Crippen molar-refractivity contribution < 1.29 is 13.2 Å². The summed E-state index contributed by atoms with van der Waals surface area (Å²) in [6.45, 7) is 0.477. The maximum absolute atomic E-state index is 13.2. The lowest BCUT2D eigenvalue weighted by atomic mass is 9.94. The van der Waals surface area contributed by atoms with Gasteiger partial charge in [0.25, 0.3) is 15.9 Å².